The van der Waals surface area contributed by atoms with Crippen LogP contribution in [0.25, 0.3) is 0 Å². The zero-order chi connectivity index (χ0) is 13.2. The molecular formula is C8H9F2O5PS. The monoisotopic (exact) mass is 286 g/mol. The third-order valence-electron chi connectivity index (χ3n) is 1.89. The van der Waals surface area contributed by atoms with Crippen molar-refractivity contribution in [1.82, 2.24) is 0 Å². The zero-order valence-electron chi connectivity index (χ0n) is 8.86. The highest BCUT2D eigenvalue weighted by Crippen LogP contribution is 2.32. The highest BCUT2D eigenvalue weighted by Gasteiger charge is 2.26. The molecule has 0 saturated carbocycles. The minimum atomic E-state index is -4.66. The Morgan fingerprint density at radius 3 is 2.29 bits per heavy atom. The molecule has 0 aromatic heterocycles. The lowest BCUT2D eigenvalue weighted by atomic mass is 10.2. The van der Waals surface area contributed by atoms with Crippen molar-refractivity contribution in [3.63, 3.8) is 0 Å². The molecule has 0 saturated heterocycles. The van der Waals surface area contributed by atoms with Crippen molar-refractivity contribution in [3.8, 4) is 0 Å². The Morgan fingerprint density at radius 2 is 1.76 bits per heavy atom. The van der Waals surface area contributed by atoms with Crippen molar-refractivity contribution in [2.24, 2.45) is 0 Å². The average molecular weight is 286 g/mol. The molecule has 0 bridgehead atoms. The number of hydrogen-bond acceptors (Lipinski definition) is 5. The van der Waals surface area contributed by atoms with Crippen LogP contribution < -0.4 is 0 Å². The summed E-state index contributed by atoms with van der Waals surface area (Å²) >= 11 is 0. The molecule has 0 radical (unpaired) electrons. The van der Waals surface area contributed by atoms with Crippen LogP contribution in [0, 0.1) is 18.6 Å². The first-order valence-corrected chi connectivity index (χ1v) is 6.90. The first-order chi connectivity index (χ1) is 7.79. The molecule has 1 rings (SSSR count). The Balaban J connectivity index is 3.34. The summed E-state index contributed by atoms with van der Waals surface area (Å²) in [6, 6.07) is 1.42. The van der Waals surface area contributed by atoms with Gasteiger partial charge in [-0.15, -0.1) is 0 Å². The van der Waals surface area contributed by atoms with Gasteiger partial charge in [-0.25, -0.2) is 8.78 Å². The highest BCUT2D eigenvalue weighted by molar-refractivity contribution is 7.89. The van der Waals surface area contributed by atoms with Crippen molar-refractivity contribution < 1.29 is 30.3 Å². The van der Waals surface area contributed by atoms with Gasteiger partial charge in [0.2, 0.25) is 0 Å². The van der Waals surface area contributed by atoms with Crippen molar-refractivity contribution >= 4 is 18.4 Å². The first kappa shape index (κ1) is 14.2. The average Bonchev–Trinajstić information content (AvgIpc) is 2.23. The molecule has 0 fully saturated rings. The number of halogens is 2. The quantitative estimate of drug-likeness (QED) is 0.792. The summed E-state index contributed by atoms with van der Waals surface area (Å²) in [6.45, 7) is 1.07. The van der Waals surface area contributed by atoms with E-state index in [4.69, 9.17) is 0 Å². The molecule has 1 unspecified atom stereocenters. The largest absolute Gasteiger partial charge is 0.333 e. The maximum absolute atomic E-state index is 13.3. The minimum Gasteiger partial charge on any atom is -0.313 e. The molecule has 5 nitrogen and oxygen atoms in total. The summed E-state index contributed by atoms with van der Waals surface area (Å²) in [4.78, 5) is -0.979. The summed E-state index contributed by atoms with van der Waals surface area (Å²) in [5, 5.41) is 0. The lowest BCUT2D eigenvalue weighted by Crippen LogP contribution is -2.08. The summed E-state index contributed by atoms with van der Waals surface area (Å²) in [5.41, 5.74) is -0.448. The van der Waals surface area contributed by atoms with Crippen molar-refractivity contribution in [2.45, 2.75) is 11.8 Å². The van der Waals surface area contributed by atoms with Crippen LogP contribution in [-0.2, 0) is 23.2 Å². The number of benzene rings is 1. The van der Waals surface area contributed by atoms with Gasteiger partial charge < -0.3 is 4.52 Å². The molecule has 0 N–H and O–H groups in total. The van der Waals surface area contributed by atoms with Crippen molar-refractivity contribution in [1.29, 1.82) is 0 Å². The van der Waals surface area contributed by atoms with Gasteiger partial charge in [-0.2, -0.15) is 12.4 Å². The summed E-state index contributed by atoms with van der Waals surface area (Å²) < 4.78 is 68.5. The van der Waals surface area contributed by atoms with Gasteiger partial charge in [-0.1, -0.05) is 0 Å². The first-order valence-electron chi connectivity index (χ1n) is 4.26. The predicted molar refractivity (Wildman–Crippen MR) is 55.4 cm³/mol. The topological polar surface area (TPSA) is 69.7 Å². The lowest BCUT2D eigenvalue weighted by molar-refractivity contribution is 0.347. The molecule has 0 heterocycles. The molecule has 0 spiro atoms. The van der Waals surface area contributed by atoms with Gasteiger partial charge in [0.15, 0.2) is 0 Å². The summed E-state index contributed by atoms with van der Waals surface area (Å²) in [7, 11) is -7.00. The Bertz CT molecular complexity index is 557. The van der Waals surface area contributed by atoms with Gasteiger partial charge >= 0.3 is 18.4 Å². The van der Waals surface area contributed by atoms with Gasteiger partial charge in [0.1, 0.15) is 16.5 Å². The van der Waals surface area contributed by atoms with E-state index in [1.54, 1.807) is 0 Å². The van der Waals surface area contributed by atoms with Crippen LogP contribution in [-0.4, -0.2) is 15.5 Å². The van der Waals surface area contributed by atoms with Gasteiger partial charge in [0.05, 0.1) is 0 Å². The van der Waals surface area contributed by atoms with E-state index in [1.165, 1.54) is 0 Å². The van der Waals surface area contributed by atoms with E-state index in [9.17, 15) is 21.8 Å². The van der Waals surface area contributed by atoms with Crippen LogP contribution in [0.4, 0.5) is 8.78 Å². The molecule has 0 aliphatic rings. The van der Waals surface area contributed by atoms with Gasteiger partial charge in [0.25, 0.3) is 0 Å². The van der Waals surface area contributed by atoms with Crippen LogP contribution in [0.15, 0.2) is 17.0 Å². The van der Waals surface area contributed by atoms with Crippen LogP contribution in [0.1, 0.15) is 5.56 Å². The molecular weight excluding hydrogens is 277 g/mol. The third kappa shape index (κ3) is 3.10. The molecule has 1 aromatic carbocycles. The van der Waals surface area contributed by atoms with Gasteiger partial charge in [0, 0.05) is 12.7 Å². The highest BCUT2D eigenvalue weighted by atomic mass is 32.2. The maximum atomic E-state index is 13.3. The normalized spacial score (nSPS) is 13.6. The van der Waals surface area contributed by atoms with Gasteiger partial charge in [-0.05, 0) is 19.1 Å². The lowest BCUT2D eigenvalue weighted by Gasteiger charge is -2.08. The van der Waals surface area contributed by atoms with E-state index in [2.05, 4.69) is 8.49 Å². The molecule has 1 aromatic rings. The zero-order valence-corrected chi connectivity index (χ0v) is 10.7. The molecule has 96 valence electrons. The molecule has 1 atom stereocenters. The molecule has 17 heavy (non-hydrogen) atoms. The fourth-order valence-corrected chi connectivity index (χ4v) is 3.21. The number of rotatable bonds is 4. The fourth-order valence-electron chi connectivity index (χ4n) is 1.11. The Kier molecular flexibility index (Phi) is 4.37. The second-order valence-corrected chi connectivity index (χ2v) is 5.87. The van der Waals surface area contributed by atoms with E-state index in [1.807, 2.05) is 0 Å². The molecule has 9 heteroatoms. The maximum Gasteiger partial charge on any atom is 0.333 e. The summed E-state index contributed by atoms with van der Waals surface area (Å²) in [6.07, 6.45) is 0. The second kappa shape index (κ2) is 5.22. The minimum absolute atomic E-state index is 0.448. The van der Waals surface area contributed by atoms with E-state index in [0.29, 0.717) is 6.07 Å². The van der Waals surface area contributed by atoms with Crippen LogP contribution >= 0.6 is 8.25 Å². The third-order valence-corrected chi connectivity index (χ3v) is 4.64. The van der Waals surface area contributed by atoms with Crippen molar-refractivity contribution in [2.75, 3.05) is 7.11 Å². The van der Waals surface area contributed by atoms with Crippen LogP contribution in [0.5, 0.6) is 0 Å². The number of hydrogen-bond donors (Lipinski definition) is 0. The van der Waals surface area contributed by atoms with Crippen LogP contribution in [0.3, 0.4) is 0 Å². The fraction of sp³-hybridized carbons (Fsp3) is 0.250. The van der Waals surface area contributed by atoms with Gasteiger partial charge in [-0.3, -0.25) is 4.57 Å². The van der Waals surface area contributed by atoms with E-state index >= 15 is 0 Å². The van der Waals surface area contributed by atoms with Crippen molar-refractivity contribution in [3.05, 3.63) is 29.3 Å². The van der Waals surface area contributed by atoms with E-state index in [0.717, 1.165) is 20.1 Å². The Hall–Kier alpha value is -0.820. The Morgan fingerprint density at radius 1 is 1.24 bits per heavy atom. The molecule has 0 aliphatic carbocycles. The summed E-state index contributed by atoms with van der Waals surface area (Å²) in [5.74, 6) is -2.10. The van der Waals surface area contributed by atoms with E-state index < -0.39 is 40.5 Å². The molecule has 0 aliphatic heterocycles. The Labute approximate surface area is 97.4 Å². The standard InChI is InChI=1S/C8H9F2O5PS/c1-5-6(9)3-4-7(10)8(5)17(12,13)15-16(11)14-2/h3-4,16H,1-2H3. The van der Waals surface area contributed by atoms with Crippen LogP contribution in [0.2, 0.25) is 0 Å². The molecule has 0 amide bonds. The second-order valence-electron chi connectivity index (χ2n) is 2.97. The predicted octanol–water partition coefficient (Wildman–Crippen LogP) is 2.01. The smallest absolute Gasteiger partial charge is 0.313 e. The van der Waals surface area contributed by atoms with E-state index in [-0.39, 0.29) is 0 Å². The SMILES string of the molecule is CO[PH](=O)OS(=O)(=O)c1c(F)ccc(F)c1C.